The second-order valence-electron chi connectivity index (χ2n) is 27.7. The Balaban J connectivity index is 5.34. The molecule has 100 heavy (non-hydrogen) atoms. The third-order valence-electron chi connectivity index (χ3n) is 17.8. The van der Waals surface area contributed by atoms with Crippen LogP contribution in [-0.4, -0.2) is 96.7 Å². The summed E-state index contributed by atoms with van der Waals surface area (Å²) in [6.07, 6.45) is 72.2. The van der Waals surface area contributed by atoms with Crippen molar-refractivity contribution in [2.45, 2.75) is 406 Å². The van der Waals surface area contributed by atoms with Crippen LogP contribution in [0.4, 0.5) is 0 Å². The van der Waals surface area contributed by atoms with Gasteiger partial charge in [0.25, 0.3) is 0 Å². The van der Waals surface area contributed by atoms with E-state index in [0.717, 1.165) is 148 Å². The molecule has 0 saturated carbocycles. The molecule has 0 bridgehead atoms. The normalized spacial score (nSPS) is 14.1. The number of rotatable bonds is 78. The number of hydrogen-bond donors (Lipinski definition) is 3. The summed E-state index contributed by atoms with van der Waals surface area (Å²) in [5, 5.41) is 10.6. The lowest BCUT2D eigenvalue weighted by atomic mass is 10.0. The van der Waals surface area contributed by atoms with Crippen molar-refractivity contribution in [2.24, 2.45) is 0 Å². The molecule has 0 amide bonds. The summed E-state index contributed by atoms with van der Waals surface area (Å²) >= 11 is 0. The van der Waals surface area contributed by atoms with Gasteiger partial charge in [-0.1, -0.05) is 301 Å². The van der Waals surface area contributed by atoms with Gasteiger partial charge in [0, 0.05) is 25.7 Å². The molecule has 0 saturated heterocycles. The summed E-state index contributed by atoms with van der Waals surface area (Å²) < 4.78 is 68.7. The van der Waals surface area contributed by atoms with E-state index in [4.69, 9.17) is 37.0 Å². The molecule has 0 rings (SSSR count). The molecule has 0 aliphatic heterocycles. The van der Waals surface area contributed by atoms with E-state index in [9.17, 15) is 43.2 Å². The summed E-state index contributed by atoms with van der Waals surface area (Å²) in [5.74, 6) is -2.17. The number of phosphoric acid groups is 2. The number of allylic oxidation sites excluding steroid dienone is 8. The van der Waals surface area contributed by atoms with Crippen LogP contribution in [0.1, 0.15) is 387 Å². The van der Waals surface area contributed by atoms with Crippen LogP contribution in [0, 0.1) is 0 Å². The van der Waals surface area contributed by atoms with Gasteiger partial charge in [-0.05, 0) is 109 Å². The summed E-state index contributed by atoms with van der Waals surface area (Å²) in [7, 11) is -9.94. The zero-order valence-electron chi connectivity index (χ0n) is 64.1. The number of phosphoric ester groups is 2. The van der Waals surface area contributed by atoms with Gasteiger partial charge in [0.1, 0.15) is 19.3 Å². The van der Waals surface area contributed by atoms with Crippen molar-refractivity contribution in [1.82, 2.24) is 0 Å². The van der Waals surface area contributed by atoms with Crippen molar-refractivity contribution in [3.05, 3.63) is 48.6 Å². The minimum Gasteiger partial charge on any atom is -0.462 e. The Morgan fingerprint density at radius 3 is 0.770 bits per heavy atom. The van der Waals surface area contributed by atoms with Crippen molar-refractivity contribution < 1.29 is 80.2 Å². The van der Waals surface area contributed by atoms with Gasteiger partial charge in [0.05, 0.1) is 26.4 Å². The summed E-state index contributed by atoms with van der Waals surface area (Å²) in [6.45, 7) is 4.90. The maximum atomic E-state index is 13.1. The predicted octanol–water partition coefficient (Wildman–Crippen LogP) is 23.7. The molecule has 0 aliphatic rings. The fourth-order valence-electron chi connectivity index (χ4n) is 11.5. The quantitative estimate of drug-likeness (QED) is 0.0169. The molecule has 0 radical (unpaired) electrons. The van der Waals surface area contributed by atoms with E-state index in [1.807, 2.05) is 0 Å². The maximum Gasteiger partial charge on any atom is 0.472 e. The van der Waals surface area contributed by atoms with E-state index in [1.165, 1.54) is 161 Å². The lowest BCUT2D eigenvalue weighted by Crippen LogP contribution is -2.30. The second-order valence-corrected chi connectivity index (χ2v) is 30.6. The van der Waals surface area contributed by atoms with E-state index < -0.39 is 97.5 Å². The molecule has 3 N–H and O–H groups in total. The van der Waals surface area contributed by atoms with Crippen molar-refractivity contribution in [1.29, 1.82) is 0 Å². The summed E-state index contributed by atoms with van der Waals surface area (Å²) in [5.41, 5.74) is 0. The van der Waals surface area contributed by atoms with E-state index in [-0.39, 0.29) is 25.7 Å². The number of ether oxygens (including phenoxy) is 4. The molecule has 0 aromatic heterocycles. The number of carbonyl (C=O) groups excluding carboxylic acids is 4. The fourth-order valence-corrected chi connectivity index (χ4v) is 13.1. The Morgan fingerprint density at radius 1 is 0.280 bits per heavy atom. The summed E-state index contributed by atoms with van der Waals surface area (Å²) in [6, 6.07) is 0. The largest absolute Gasteiger partial charge is 0.472 e. The van der Waals surface area contributed by atoms with Crippen LogP contribution in [0.2, 0.25) is 0 Å². The molecule has 0 aliphatic carbocycles. The average Bonchev–Trinajstić information content (AvgIpc) is 1.01. The average molecular weight is 1460 g/mol. The molecule has 0 spiro atoms. The van der Waals surface area contributed by atoms with E-state index in [1.54, 1.807) is 0 Å². The number of unbranched alkanes of at least 4 members (excludes halogenated alkanes) is 44. The van der Waals surface area contributed by atoms with Gasteiger partial charge in [-0.15, -0.1) is 0 Å². The molecule has 0 aromatic rings. The molecule has 19 heteroatoms. The van der Waals surface area contributed by atoms with Crippen LogP contribution in [0.25, 0.3) is 0 Å². The number of carbonyl (C=O) groups is 4. The SMILES string of the molecule is CCCCC/C=C\C/C=C\CCCCCCCC(=O)OC[C@H](COP(=O)(O)OC[C@@H](O)COP(=O)(O)OC[C@@H](COC(=O)CCCCCCC/C=C\CCCCCCCC)OC(=O)CCCCCCC/C=C\CCCCCCCC)OC(=O)CCCCCCCCCCCCCCCCC. The van der Waals surface area contributed by atoms with Gasteiger partial charge in [-0.3, -0.25) is 37.3 Å². The van der Waals surface area contributed by atoms with Crippen LogP contribution in [0.15, 0.2) is 48.6 Å². The summed E-state index contributed by atoms with van der Waals surface area (Å²) in [4.78, 5) is 73.0. The first-order chi connectivity index (χ1) is 48.7. The van der Waals surface area contributed by atoms with Crippen molar-refractivity contribution in [2.75, 3.05) is 39.6 Å². The highest BCUT2D eigenvalue weighted by atomic mass is 31.2. The van der Waals surface area contributed by atoms with Crippen LogP contribution < -0.4 is 0 Å². The number of aliphatic hydroxyl groups excluding tert-OH is 1. The Bertz CT molecular complexity index is 2080. The van der Waals surface area contributed by atoms with Gasteiger partial charge < -0.3 is 33.8 Å². The topological polar surface area (TPSA) is 237 Å². The lowest BCUT2D eigenvalue weighted by molar-refractivity contribution is -0.161. The lowest BCUT2D eigenvalue weighted by Gasteiger charge is -2.21. The van der Waals surface area contributed by atoms with Crippen LogP contribution in [0.5, 0.6) is 0 Å². The standard InChI is InChI=1S/C81H150O17P2/c1-5-9-13-17-21-25-29-33-37-41-45-49-53-57-61-65-78(83)91-71-76(97-80(85)67-63-59-55-51-47-43-39-35-31-27-23-19-15-11-7-3)73-95-99(87,88)93-69-75(82)70-94-100(89,90)96-74-77(98-81(86)68-64-60-56-52-48-44-40-36-32-28-24-20-16-12-8-4)72-92-79(84)66-62-58-54-50-46-42-38-34-30-26-22-18-14-10-6-2/h21,25,33-34,36-38,40,75-77,82H,5-20,22-24,26-32,35,39,41-74H2,1-4H3,(H,87,88)(H,89,90)/b25-21-,37-33-,38-34-,40-36-/t75-,76-,77-/m1/s1. The molecule has 0 aromatic carbocycles. The zero-order chi connectivity index (χ0) is 73.2. The highest BCUT2D eigenvalue weighted by molar-refractivity contribution is 7.47. The molecular weight excluding hydrogens is 1310 g/mol. The predicted molar refractivity (Wildman–Crippen MR) is 409 cm³/mol. The molecular formula is C81H150O17P2. The molecule has 586 valence electrons. The highest BCUT2D eigenvalue weighted by Gasteiger charge is 2.30. The molecule has 0 heterocycles. The van der Waals surface area contributed by atoms with E-state index in [2.05, 4.69) is 76.3 Å². The Kier molecular flexibility index (Phi) is 72.1. The Hall–Kier alpha value is -2.98. The van der Waals surface area contributed by atoms with Gasteiger partial charge in [0.2, 0.25) is 0 Å². The highest BCUT2D eigenvalue weighted by Crippen LogP contribution is 2.45. The minimum absolute atomic E-state index is 0.0888. The number of esters is 4. The molecule has 17 nitrogen and oxygen atoms in total. The second kappa shape index (κ2) is 74.3. The van der Waals surface area contributed by atoms with Gasteiger partial charge in [-0.2, -0.15) is 0 Å². The fraction of sp³-hybridized carbons (Fsp3) is 0.852. The maximum absolute atomic E-state index is 13.1. The van der Waals surface area contributed by atoms with Crippen molar-refractivity contribution in [3.63, 3.8) is 0 Å². The first-order valence-electron chi connectivity index (χ1n) is 40.9. The first kappa shape index (κ1) is 97.0. The smallest absolute Gasteiger partial charge is 0.462 e. The van der Waals surface area contributed by atoms with Crippen LogP contribution in [-0.2, 0) is 65.4 Å². The van der Waals surface area contributed by atoms with Gasteiger partial charge in [0.15, 0.2) is 12.2 Å². The Morgan fingerprint density at radius 2 is 0.490 bits per heavy atom. The third-order valence-corrected chi connectivity index (χ3v) is 19.7. The molecule has 0 fully saturated rings. The van der Waals surface area contributed by atoms with Crippen molar-refractivity contribution >= 4 is 39.5 Å². The monoisotopic (exact) mass is 1460 g/mol. The number of aliphatic hydroxyl groups is 1. The molecule has 2 unspecified atom stereocenters. The van der Waals surface area contributed by atoms with E-state index in [0.29, 0.717) is 25.7 Å². The Labute approximate surface area is 610 Å². The molecule has 5 atom stereocenters. The zero-order valence-corrected chi connectivity index (χ0v) is 65.9. The van der Waals surface area contributed by atoms with E-state index >= 15 is 0 Å². The van der Waals surface area contributed by atoms with Gasteiger partial charge in [-0.25, -0.2) is 9.13 Å². The minimum atomic E-state index is -4.97. The van der Waals surface area contributed by atoms with Crippen molar-refractivity contribution in [3.8, 4) is 0 Å². The van der Waals surface area contributed by atoms with Crippen LogP contribution >= 0.6 is 15.6 Å². The van der Waals surface area contributed by atoms with Gasteiger partial charge >= 0.3 is 39.5 Å². The third kappa shape index (κ3) is 73.3. The van der Waals surface area contributed by atoms with Crippen LogP contribution in [0.3, 0.4) is 0 Å². The number of hydrogen-bond acceptors (Lipinski definition) is 15. The first-order valence-corrected chi connectivity index (χ1v) is 43.9.